The number of nitrogens with zero attached hydrogens (tertiary/aromatic N) is 2. The van der Waals surface area contributed by atoms with Gasteiger partial charge in [0.15, 0.2) is 0 Å². The van der Waals surface area contributed by atoms with Crippen molar-refractivity contribution in [2.45, 2.75) is 39.3 Å². The Morgan fingerprint density at radius 1 is 1.67 bits per heavy atom. The van der Waals surface area contributed by atoms with Gasteiger partial charge in [-0.3, -0.25) is 4.68 Å². The van der Waals surface area contributed by atoms with E-state index in [-0.39, 0.29) is 6.10 Å². The summed E-state index contributed by atoms with van der Waals surface area (Å²) < 4.78 is 7.66. The van der Waals surface area contributed by atoms with Gasteiger partial charge in [0.2, 0.25) is 0 Å². The van der Waals surface area contributed by atoms with Crippen LogP contribution in [0.4, 0.5) is 5.69 Å². The maximum atomic E-state index is 5.80. The monoisotopic (exact) mass is 209 g/mol. The van der Waals surface area contributed by atoms with Gasteiger partial charge in [0.05, 0.1) is 31.1 Å². The quantitative estimate of drug-likeness (QED) is 0.806. The number of aromatic nitrogens is 2. The molecule has 0 bridgehead atoms. The lowest BCUT2D eigenvalue weighted by atomic mass is 9.85. The summed E-state index contributed by atoms with van der Waals surface area (Å²) >= 11 is 0. The van der Waals surface area contributed by atoms with Gasteiger partial charge in [0, 0.05) is 6.20 Å². The number of anilines is 1. The summed E-state index contributed by atoms with van der Waals surface area (Å²) in [5.74, 6) is 0. The normalized spacial score (nSPS) is 25.3. The van der Waals surface area contributed by atoms with Gasteiger partial charge in [-0.1, -0.05) is 13.8 Å². The number of hydrogen-bond acceptors (Lipinski definition) is 3. The second kappa shape index (κ2) is 3.85. The third-order valence-electron chi connectivity index (χ3n) is 2.90. The van der Waals surface area contributed by atoms with E-state index in [0.29, 0.717) is 11.1 Å². The largest absolute Gasteiger partial charge is 0.396 e. The Morgan fingerprint density at radius 3 is 3.00 bits per heavy atom. The molecular formula is C11H19N3O. The first-order valence-electron chi connectivity index (χ1n) is 5.45. The molecule has 84 valence electrons. The minimum absolute atomic E-state index is 0.289. The molecule has 2 N–H and O–H groups in total. The number of ether oxygens (including phenoxy) is 1. The van der Waals surface area contributed by atoms with Crippen LogP contribution in [-0.2, 0) is 11.3 Å². The zero-order chi connectivity index (χ0) is 10.9. The van der Waals surface area contributed by atoms with Crippen molar-refractivity contribution in [1.29, 1.82) is 0 Å². The summed E-state index contributed by atoms with van der Waals surface area (Å²) in [4.78, 5) is 0. The van der Waals surface area contributed by atoms with Gasteiger partial charge in [-0.25, -0.2) is 0 Å². The van der Waals surface area contributed by atoms with Crippen LogP contribution in [0.15, 0.2) is 12.4 Å². The maximum absolute atomic E-state index is 5.80. The van der Waals surface area contributed by atoms with Crippen LogP contribution in [0.2, 0.25) is 0 Å². The van der Waals surface area contributed by atoms with Gasteiger partial charge >= 0.3 is 0 Å². The van der Waals surface area contributed by atoms with E-state index >= 15 is 0 Å². The SMILES string of the molecule is CC1(C)CCC(Cn2cc(N)cn2)OC1. The average Bonchev–Trinajstić information content (AvgIpc) is 2.55. The molecule has 1 aliphatic heterocycles. The molecule has 15 heavy (non-hydrogen) atoms. The standard InChI is InChI=1S/C11H19N3O/c1-11(2)4-3-10(15-8-11)7-14-6-9(12)5-13-14/h5-6,10H,3-4,7-8,12H2,1-2H3. The van der Waals surface area contributed by atoms with Crippen LogP contribution in [0, 0.1) is 5.41 Å². The molecule has 0 saturated carbocycles. The van der Waals surface area contributed by atoms with Crippen molar-refractivity contribution in [1.82, 2.24) is 9.78 Å². The first-order valence-corrected chi connectivity index (χ1v) is 5.45. The van der Waals surface area contributed by atoms with Crippen LogP contribution in [0.25, 0.3) is 0 Å². The Labute approximate surface area is 90.4 Å². The highest BCUT2D eigenvalue weighted by atomic mass is 16.5. The molecule has 0 amide bonds. The van der Waals surface area contributed by atoms with Gasteiger partial charge in [-0.05, 0) is 18.3 Å². The number of rotatable bonds is 2. The lowest BCUT2D eigenvalue weighted by Crippen LogP contribution is -2.34. The molecule has 4 heteroatoms. The zero-order valence-electron chi connectivity index (χ0n) is 9.44. The Balaban J connectivity index is 1.87. The molecule has 2 heterocycles. The van der Waals surface area contributed by atoms with Crippen molar-refractivity contribution < 1.29 is 4.74 Å². The van der Waals surface area contributed by atoms with Crippen LogP contribution >= 0.6 is 0 Å². The smallest absolute Gasteiger partial charge is 0.0771 e. The van der Waals surface area contributed by atoms with Crippen LogP contribution in [0.1, 0.15) is 26.7 Å². The molecule has 1 saturated heterocycles. The topological polar surface area (TPSA) is 53.1 Å². The van der Waals surface area contributed by atoms with Gasteiger partial charge in [-0.2, -0.15) is 5.10 Å². The lowest BCUT2D eigenvalue weighted by Gasteiger charge is -2.34. The third kappa shape index (κ3) is 2.72. The van der Waals surface area contributed by atoms with E-state index in [1.807, 2.05) is 10.9 Å². The number of nitrogen functional groups attached to an aromatic ring is 1. The van der Waals surface area contributed by atoms with Crippen molar-refractivity contribution in [3.8, 4) is 0 Å². The Kier molecular flexibility index (Phi) is 2.69. The Hall–Kier alpha value is -1.03. The van der Waals surface area contributed by atoms with Crippen LogP contribution in [0.3, 0.4) is 0 Å². The molecule has 1 aromatic heterocycles. The maximum Gasteiger partial charge on any atom is 0.0771 e. The van der Waals surface area contributed by atoms with E-state index in [2.05, 4.69) is 18.9 Å². The van der Waals surface area contributed by atoms with E-state index < -0.39 is 0 Å². The van der Waals surface area contributed by atoms with Crippen molar-refractivity contribution >= 4 is 5.69 Å². The molecule has 1 atom stereocenters. The van der Waals surface area contributed by atoms with E-state index in [1.165, 1.54) is 6.42 Å². The van der Waals surface area contributed by atoms with Crippen LogP contribution < -0.4 is 5.73 Å². The van der Waals surface area contributed by atoms with E-state index in [1.54, 1.807) is 6.20 Å². The Bertz CT molecular complexity index is 322. The first-order chi connectivity index (χ1) is 7.05. The van der Waals surface area contributed by atoms with Gasteiger partial charge in [0.25, 0.3) is 0 Å². The number of hydrogen-bond donors (Lipinski definition) is 1. The van der Waals surface area contributed by atoms with E-state index in [9.17, 15) is 0 Å². The zero-order valence-corrected chi connectivity index (χ0v) is 9.44. The van der Waals surface area contributed by atoms with Gasteiger partial charge in [-0.15, -0.1) is 0 Å². The van der Waals surface area contributed by atoms with Crippen molar-refractivity contribution in [2.75, 3.05) is 12.3 Å². The average molecular weight is 209 g/mol. The molecule has 0 spiro atoms. The van der Waals surface area contributed by atoms with Crippen molar-refractivity contribution in [3.05, 3.63) is 12.4 Å². The fourth-order valence-corrected chi connectivity index (χ4v) is 1.88. The molecule has 4 nitrogen and oxygen atoms in total. The third-order valence-corrected chi connectivity index (χ3v) is 2.90. The summed E-state index contributed by atoms with van der Waals surface area (Å²) in [5, 5.41) is 4.16. The van der Waals surface area contributed by atoms with Crippen molar-refractivity contribution in [3.63, 3.8) is 0 Å². The molecule has 1 unspecified atom stereocenters. The molecule has 0 aliphatic carbocycles. The predicted octanol–water partition coefficient (Wildman–Crippen LogP) is 1.67. The minimum Gasteiger partial charge on any atom is -0.396 e. The highest BCUT2D eigenvalue weighted by Gasteiger charge is 2.27. The van der Waals surface area contributed by atoms with Gasteiger partial charge < -0.3 is 10.5 Å². The second-order valence-corrected chi connectivity index (χ2v) is 5.13. The molecule has 1 fully saturated rings. The fraction of sp³-hybridized carbons (Fsp3) is 0.727. The summed E-state index contributed by atoms with van der Waals surface area (Å²) in [6.45, 7) is 6.14. The molecule has 1 aliphatic rings. The molecule has 0 radical (unpaired) electrons. The summed E-state index contributed by atoms with van der Waals surface area (Å²) in [6.07, 6.45) is 6.13. The van der Waals surface area contributed by atoms with Gasteiger partial charge in [0.1, 0.15) is 0 Å². The second-order valence-electron chi connectivity index (χ2n) is 5.13. The molecular weight excluding hydrogens is 190 g/mol. The minimum atomic E-state index is 0.289. The van der Waals surface area contributed by atoms with E-state index in [4.69, 9.17) is 10.5 Å². The van der Waals surface area contributed by atoms with E-state index in [0.717, 1.165) is 19.6 Å². The summed E-state index contributed by atoms with van der Waals surface area (Å²) in [6, 6.07) is 0. The highest BCUT2D eigenvalue weighted by molar-refractivity contribution is 5.30. The van der Waals surface area contributed by atoms with Crippen LogP contribution in [-0.4, -0.2) is 22.5 Å². The summed E-state index contributed by atoms with van der Waals surface area (Å²) in [5.41, 5.74) is 6.65. The molecule has 2 rings (SSSR count). The highest BCUT2D eigenvalue weighted by Crippen LogP contribution is 2.30. The van der Waals surface area contributed by atoms with Crippen molar-refractivity contribution in [2.24, 2.45) is 5.41 Å². The predicted molar refractivity (Wildman–Crippen MR) is 59.4 cm³/mol. The number of nitrogens with two attached hydrogens (primary N) is 1. The molecule has 1 aromatic rings. The van der Waals surface area contributed by atoms with Crippen LogP contribution in [0.5, 0.6) is 0 Å². The summed E-state index contributed by atoms with van der Waals surface area (Å²) in [7, 11) is 0. The lowest BCUT2D eigenvalue weighted by molar-refractivity contribution is -0.0561. The fourth-order valence-electron chi connectivity index (χ4n) is 1.88. The first kappa shape index (κ1) is 10.5. The Morgan fingerprint density at radius 2 is 2.47 bits per heavy atom. The molecule has 0 aromatic carbocycles.